The van der Waals surface area contributed by atoms with Crippen LogP contribution in [0.5, 0.6) is 11.5 Å². The fraction of sp³-hybridized carbons (Fsp3) is 0.167. The van der Waals surface area contributed by atoms with Gasteiger partial charge in [0.25, 0.3) is 5.91 Å². The highest BCUT2D eigenvalue weighted by molar-refractivity contribution is 7.21. The van der Waals surface area contributed by atoms with E-state index in [-0.39, 0.29) is 22.4 Å². The summed E-state index contributed by atoms with van der Waals surface area (Å²) < 4.78 is 12.2. The molecule has 4 aromatic rings. The number of thiazole rings is 1. The molecular weight excluding hydrogens is 503 g/mol. The lowest BCUT2D eigenvalue weighted by molar-refractivity contribution is -0.118. The zero-order valence-corrected chi connectivity index (χ0v) is 21.0. The maximum Gasteiger partial charge on any atom is 0.262 e. The minimum absolute atomic E-state index is 0.225. The van der Waals surface area contributed by atoms with E-state index in [4.69, 9.17) is 44.3 Å². The van der Waals surface area contributed by atoms with Gasteiger partial charge in [-0.2, -0.15) is 0 Å². The summed E-state index contributed by atoms with van der Waals surface area (Å²) in [4.78, 5) is 17.4. The Balaban J connectivity index is 1.55. The Kier molecular flexibility index (Phi) is 7.00. The summed E-state index contributed by atoms with van der Waals surface area (Å²) >= 11 is 20.5. The van der Waals surface area contributed by atoms with Crippen LogP contribution in [0, 0.1) is 13.8 Å². The number of hydrogen-bond donors (Lipinski definition) is 1. The van der Waals surface area contributed by atoms with Crippen molar-refractivity contribution in [3.05, 3.63) is 68.7 Å². The number of nitrogens with zero attached hydrogens (tertiary/aromatic N) is 1. The van der Waals surface area contributed by atoms with E-state index < -0.39 is 5.91 Å². The molecule has 1 aromatic heterocycles. The fourth-order valence-electron chi connectivity index (χ4n) is 3.30. The number of amides is 1. The first-order valence-corrected chi connectivity index (χ1v) is 11.9. The Morgan fingerprint density at radius 1 is 1.03 bits per heavy atom. The van der Waals surface area contributed by atoms with Crippen LogP contribution in [-0.2, 0) is 4.79 Å². The van der Waals surface area contributed by atoms with Crippen molar-refractivity contribution in [3.8, 4) is 22.1 Å². The molecule has 0 saturated heterocycles. The van der Waals surface area contributed by atoms with Gasteiger partial charge < -0.3 is 14.8 Å². The summed E-state index contributed by atoms with van der Waals surface area (Å²) in [6.07, 6.45) is 0. The molecule has 0 atom stereocenters. The number of aromatic nitrogens is 1. The van der Waals surface area contributed by atoms with E-state index in [0.29, 0.717) is 27.6 Å². The number of fused-ring (bicyclic) bond motifs is 1. The molecule has 9 heteroatoms. The number of carbonyl (C=O) groups is 1. The minimum Gasteiger partial charge on any atom is -0.495 e. The smallest absolute Gasteiger partial charge is 0.262 e. The number of ether oxygens (including phenoxy) is 2. The number of benzene rings is 3. The largest absolute Gasteiger partial charge is 0.495 e. The van der Waals surface area contributed by atoms with E-state index in [1.807, 2.05) is 36.4 Å². The molecule has 5 nitrogen and oxygen atoms in total. The first-order valence-electron chi connectivity index (χ1n) is 9.90. The summed E-state index contributed by atoms with van der Waals surface area (Å²) in [5.41, 5.74) is 3.57. The van der Waals surface area contributed by atoms with Gasteiger partial charge in [0.15, 0.2) is 12.4 Å². The highest BCUT2D eigenvalue weighted by atomic mass is 35.5. The molecule has 4 rings (SSSR count). The third-order valence-corrected chi connectivity index (χ3v) is 7.64. The SMILES string of the molecule is COc1ccc(-c2nc3ccccc3s2)cc1NC(=O)COc1c(Cl)c(C)c(Cl)c(C)c1Cl. The summed E-state index contributed by atoms with van der Waals surface area (Å²) in [5.74, 6) is 0.345. The van der Waals surface area contributed by atoms with Gasteiger partial charge in [-0.15, -0.1) is 11.3 Å². The molecule has 0 bridgehead atoms. The van der Waals surface area contributed by atoms with Crippen LogP contribution in [0.2, 0.25) is 15.1 Å². The second-order valence-electron chi connectivity index (χ2n) is 7.26. The lowest BCUT2D eigenvalue weighted by Crippen LogP contribution is -2.21. The van der Waals surface area contributed by atoms with Crippen molar-refractivity contribution < 1.29 is 14.3 Å². The molecule has 0 radical (unpaired) electrons. The van der Waals surface area contributed by atoms with E-state index in [2.05, 4.69) is 10.3 Å². The summed E-state index contributed by atoms with van der Waals surface area (Å²) in [6.45, 7) is 3.23. The molecule has 1 amide bonds. The summed E-state index contributed by atoms with van der Waals surface area (Å²) in [7, 11) is 1.54. The Morgan fingerprint density at radius 3 is 2.39 bits per heavy atom. The van der Waals surface area contributed by atoms with Crippen molar-refractivity contribution in [2.75, 3.05) is 19.0 Å². The van der Waals surface area contributed by atoms with Crippen molar-refractivity contribution in [1.82, 2.24) is 4.98 Å². The fourth-order valence-corrected chi connectivity index (χ4v) is 5.08. The van der Waals surface area contributed by atoms with E-state index in [0.717, 1.165) is 20.8 Å². The number of rotatable bonds is 6. The molecule has 0 aliphatic carbocycles. The number of nitrogens with one attached hydrogen (secondary N) is 1. The third kappa shape index (κ3) is 4.75. The molecule has 170 valence electrons. The average Bonchev–Trinajstić information content (AvgIpc) is 3.26. The molecule has 0 aliphatic rings. The number of methoxy groups -OCH3 is 1. The molecule has 0 spiro atoms. The van der Waals surface area contributed by atoms with Crippen LogP contribution in [0.15, 0.2) is 42.5 Å². The van der Waals surface area contributed by atoms with Crippen molar-refractivity contribution in [1.29, 1.82) is 0 Å². The van der Waals surface area contributed by atoms with Crippen LogP contribution >= 0.6 is 46.1 Å². The van der Waals surface area contributed by atoms with Crippen molar-refractivity contribution in [2.24, 2.45) is 0 Å². The van der Waals surface area contributed by atoms with Crippen LogP contribution in [-0.4, -0.2) is 24.6 Å². The minimum atomic E-state index is -0.396. The van der Waals surface area contributed by atoms with Crippen LogP contribution in [0.4, 0.5) is 5.69 Å². The van der Waals surface area contributed by atoms with Crippen LogP contribution < -0.4 is 14.8 Å². The maximum absolute atomic E-state index is 12.7. The first kappa shape index (κ1) is 23.6. The molecule has 33 heavy (non-hydrogen) atoms. The number of halogens is 3. The molecule has 0 unspecified atom stereocenters. The van der Waals surface area contributed by atoms with Crippen LogP contribution in [0.1, 0.15) is 11.1 Å². The zero-order valence-electron chi connectivity index (χ0n) is 18.0. The van der Waals surface area contributed by atoms with Crippen molar-refractivity contribution >= 4 is 68.0 Å². The topological polar surface area (TPSA) is 60.5 Å². The average molecular weight is 522 g/mol. The number of para-hydroxylation sites is 1. The second kappa shape index (κ2) is 9.77. The maximum atomic E-state index is 12.7. The predicted molar refractivity (Wildman–Crippen MR) is 137 cm³/mol. The Morgan fingerprint density at radius 2 is 1.73 bits per heavy atom. The van der Waals surface area contributed by atoms with E-state index >= 15 is 0 Å². The summed E-state index contributed by atoms with van der Waals surface area (Å²) in [5, 5.41) is 4.70. The highest BCUT2D eigenvalue weighted by Crippen LogP contribution is 2.42. The van der Waals surface area contributed by atoms with Gasteiger partial charge in [-0.05, 0) is 55.3 Å². The Labute approximate surface area is 210 Å². The summed E-state index contributed by atoms with van der Waals surface area (Å²) in [6, 6.07) is 13.4. The first-order chi connectivity index (χ1) is 15.8. The lowest BCUT2D eigenvalue weighted by Gasteiger charge is -2.16. The van der Waals surface area contributed by atoms with Gasteiger partial charge in [0.1, 0.15) is 10.8 Å². The molecule has 0 saturated carbocycles. The quantitative estimate of drug-likeness (QED) is 0.284. The molecule has 3 aromatic carbocycles. The number of hydrogen-bond acceptors (Lipinski definition) is 5. The zero-order chi connectivity index (χ0) is 23.7. The Bertz CT molecular complexity index is 1310. The van der Waals surface area contributed by atoms with Gasteiger partial charge in [0.2, 0.25) is 0 Å². The molecule has 0 fully saturated rings. The second-order valence-corrected chi connectivity index (χ2v) is 9.42. The van der Waals surface area contributed by atoms with Crippen molar-refractivity contribution in [3.63, 3.8) is 0 Å². The van der Waals surface area contributed by atoms with Gasteiger partial charge in [-0.3, -0.25) is 4.79 Å². The van der Waals surface area contributed by atoms with E-state index in [1.54, 1.807) is 31.3 Å². The van der Waals surface area contributed by atoms with E-state index in [1.165, 1.54) is 7.11 Å². The third-order valence-electron chi connectivity index (χ3n) is 5.08. The van der Waals surface area contributed by atoms with Gasteiger partial charge in [0.05, 0.1) is 33.1 Å². The van der Waals surface area contributed by atoms with Gasteiger partial charge in [0, 0.05) is 10.6 Å². The van der Waals surface area contributed by atoms with Crippen LogP contribution in [0.25, 0.3) is 20.8 Å². The van der Waals surface area contributed by atoms with Gasteiger partial charge >= 0.3 is 0 Å². The standard InChI is InChI=1S/C24H19Cl3N2O3S/c1-12-20(25)13(2)22(27)23(21(12)26)32-11-19(30)28-16-10-14(8-9-17(16)31-3)24-29-15-6-4-5-7-18(15)33-24/h4-10H,11H2,1-3H3,(H,28,30). The lowest BCUT2D eigenvalue weighted by atomic mass is 10.1. The van der Waals surface area contributed by atoms with Crippen LogP contribution in [0.3, 0.4) is 0 Å². The van der Waals surface area contributed by atoms with Gasteiger partial charge in [-0.25, -0.2) is 4.98 Å². The van der Waals surface area contributed by atoms with E-state index in [9.17, 15) is 4.79 Å². The predicted octanol–water partition coefficient (Wildman–Crippen LogP) is 7.57. The molecule has 0 aliphatic heterocycles. The number of carbonyl (C=O) groups excluding carboxylic acids is 1. The monoisotopic (exact) mass is 520 g/mol. The van der Waals surface area contributed by atoms with Gasteiger partial charge in [-0.1, -0.05) is 46.9 Å². The molecule has 1 heterocycles. The highest BCUT2D eigenvalue weighted by Gasteiger charge is 2.19. The normalized spacial score (nSPS) is 11.0. The van der Waals surface area contributed by atoms with Crippen molar-refractivity contribution in [2.45, 2.75) is 13.8 Å². The number of anilines is 1. The molecular formula is C24H19Cl3N2O3S. The molecule has 1 N–H and O–H groups in total. The Hall–Kier alpha value is -2.51.